The topological polar surface area (TPSA) is 122 Å². The maximum Gasteiger partial charge on any atom is 0.200 e. The molecule has 0 amide bonds. The van der Waals surface area contributed by atoms with Crippen LogP contribution in [0.1, 0.15) is 36.7 Å². The van der Waals surface area contributed by atoms with Gasteiger partial charge >= 0.3 is 0 Å². The summed E-state index contributed by atoms with van der Waals surface area (Å²) < 4.78 is 10.7. The van der Waals surface area contributed by atoms with Gasteiger partial charge in [0.25, 0.3) is 0 Å². The number of methoxy groups -OCH3 is 2. The Hall–Kier alpha value is -4.14. The van der Waals surface area contributed by atoms with Crippen LogP contribution in [0.2, 0.25) is 0 Å². The van der Waals surface area contributed by atoms with Gasteiger partial charge < -0.3 is 24.9 Å². The predicted octanol–water partition coefficient (Wildman–Crippen LogP) is 5.16. The SMILES string of the molecule is CC.COc1cc(C2Nc3ccccc3-c3c(CN=O)nnc4[nH]cc2c34)cc(OC)c1O. The second kappa shape index (κ2) is 9.15. The number of ether oxygens (including phenoxy) is 2. The molecule has 0 fully saturated rings. The number of aromatic amines is 1. The summed E-state index contributed by atoms with van der Waals surface area (Å²) in [5.41, 5.74) is 5.46. The number of nitrogens with one attached hydrogen (secondary N) is 2. The van der Waals surface area contributed by atoms with Gasteiger partial charge in [-0.25, -0.2) is 0 Å². The highest BCUT2D eigenvalue weighted by Gasteiger charge is 2.29. The molecular weight excluding hydrogens is 422 g/mol. The fourth-order valence-electron chi connectivity index (χ4n) is 4.17. The van der Waals surface area contributed by atoms with Crippen LogP contribution in [0.25, 0.3) is 22.2 Å². The normalized spacial score (nSPS) is 13.8. The standard InChI is InChI=1S/C22H19N5O4.C2H6/c1-30-16-7-11(8-17(31-2)21(16)28)20-13-9-23-22-19(13)18(15(10-24-29)26-27-22)12-5-3-4-6-14(12)25-20;1-2/h3-9,20,25,28H,10H2,1-2H3,(H,23,27);1-2H3. The molecule has 170 valence electrons. The van der Waals surface area contributed by atoms with Gasteiger partial charge in [0.1, 0.15) is 6.54 Å². The number of para-hydroxylation sites is 1. The van der Waals surface area contributed by atoms with Crippen LogP contribution in [-0.2, 0) is 6.54 Å². The number of nitroso groups, excluding NO2 is 1. The molecule has 3 heterocycles. The van der Waals surface area contributed by atoms with Crippen molar-refractivity contribution < 1.29 is 14.6 Å². The quantitative estimate of drug-likeness (QED) is 0.361. The highest BCUT2D eigenvalue weighted by atomic mass is 16.5. The van der Waals surface area contributed by atoms with Gasteiger partial charge in [0.15, 0.2) is 17.1 Å². The van der Waals surface area contributed by atoms with E-state index in [0.29, 0.717) is 22.8 Å². The van der Waals surface area contributed by atoms with E-state index >= 15 is 0 Å². The van der Waals surface area contributed by atoms with E-state index in [-0.39, 0.29) is 18.3 Å². The van der Waals surface area contributed by atoms with Crippen molar-refractivity contribution in [3.63, 3.8) is 0 Å². The monoisotopic (exact) mass is 447 g/mol. The summed E-state index contributed by atoms with van der Waals surface area (Å²) in [7, 11) is 2.98. The average molecular weight is 447 g/mol. The molecule has 1 atom stereocenters. The molecular formula is C24H25N5O4. The fraction of sp³-hybridized carbons (Fsp3) is 0.250. The summed E-state index contributed by atoms with van der Waals surface area (Å²) in [6.45, 7) is 3.92. The Morgan fingerprint density at radius 2 is 1.79 bits per heavy atom. The van der Waals surface area contributed by atoms with Crippen LogP contribution >= 0.6 is 0 Å². The Morgan fingerprint density at radius 3 is 2.45 bits per heavy atom. The van der Waals surface area contributed by atoms with Gasteiger partial charge in [-0.05, 0) is 23.8 Å². The predicted molar refractivity (Wildman–Crippen MR) is 127 cm³/mol. The molecule has 0 bridgehead atoms. The largest absolute Gasteiger partial charge is 0.502 e. The van der Waals surface area contributed by atoms with Crippen LogP contribution in [0.3, 0.4) is 0 Å². The van der Waals surface area contributed by atoms with E-state index in [1.165, 1.54) is 14.2 Å². The summed E-state index contributed by atoms with van der Waals surface area (Å²) in [5.74, 6) is 0.548. The fourth-order valence-corrected chi connectivity index (χ4v) is 4.17. The van der Waals surface area contributed by atoms with E-state index in [4.69, 9.17) is 9.47 Å². The van der Waals surface area contributed by atoms with Crippen molar-refractivity contribution in [1.29, 1.82) is 0 Å². The van der Waals surface area contributed by atoms with Crippen molar-refractivity contribution >= 4 is 16.7 Å². The molecule has 0 radical (unpaired) electrons. The Labute approximate surface area is 190 Å². The lowest BCUT2D eigenvalue weighted by Crippen LogP contribution is -2.11. The third kappa shape index (κ3) is 3.61. The maximum absolute atomic E-state index is 11.1. The Kier molecular flexibility index (Phi) is 6.12. The number of phenolic OH excluding ortho intramolecular Hbond substituents is 1. The smallest absolute Gasteiger partial charge is 0.200 e. The molecule has 9 heteroatoms. The van der Waals surface area contributed by atoms with Crippen LogP contribution < -0.4 is 14.8 Å². The Morgan fingerprint density at radius 1 is 1.09 bits per heavy atom. The lowest BCUT2D eigenvalue weighted by Gasteiger charge is -2.21. The molecule has 0 saturated heterocycles. The summed E-state index contributed by atoms with van der Waals surface area (Å²) in [4.78, 5) is 14.3. The van der Waals surface area contributed by atoms with Crippen LogP contribution in [-0.4, -0.2) is 34.5 Å². The minimum Gasteiger partial charge on any atom is -0.502 e. The number of nitrogens with zero attached hydrogens (tertiary/aromatic N) is 3. The first-order chi connectivity index (χ1) is 16.2. The summed E-state index contributed by atoms with van der Waals surface area (Å²) in [6, 6.07) is 11.0. The number of fused-ring (bicyclic) bond motifs is 2. The zero-order valence-electron chi connectivity index (χ0n) is 18.8. The highest BCUT2D eigenvalue weighted by Crippen LogP contribution is 2.47. The third-order valence-electron chi connectivity index (χ3n) is 5.56. The first kappa shape index (κ1) is 22.1. The van der Waals surface area contributed by atoms with Crippen LogP contribution in [0.5, 0.6) is 17.2 Å². The van der Waals surface area contributed by atoms with Crippen molar-refractivity contribution in [2.24, 2.45) is 5.18 Å². The Balaban J connectivity index is 0.00000126. The molecule has 0 saturated carbocycles. The molecule has 33 heavy (non-hydrogen) atoms. The van der Waals surface area contributed by atoms with E-state index in [1.807, 2.05) is 44.3 Å². The van der Waals surface area contributed by atoms with Crippen LogP contribution in [0.4, 0.5) is 5.69 Å². The number of H-pyrrole nitrogens is 1. The van der Waals surface area contributed by atoms with Crippen molar-refractivity contribution in [2.45, 2.75) is 26.4 Å². The lowest BCUT2D eigenvalue weighted by atomic mass is 9.95. The number of hydrogen-bond acceptors (Lipinski definition) is 8. The molecule has 2 aromatic carbocycles. The zero-order valence-corrected chi connectivity index (χ0v) is 18.8. The maximum atomic E-state index is 11.1. The van der Waals surface area contributed by atoms with Gasteiger partial charge in [-0.3, -0.25) is 0 Å². The van der Waals surface area contributed by atoms with Crippen molar-refractivity contribution in [3.8, 4) is 28.4 Å². The number of benzene rings is 2. The van der Waals surface area contributed by atoms with Gasteiger partial charge in [-0.1, -0.05) is 37.2 Å². The van der Waals surface area contributed by atoms with Crippen molar-refractivity contribution in [1.82, 2.24) is 15.2 Å². The van der Waals surface area contributed by atoms with Gasteiger partial charge in [-0.15, -0.1) is 5.10 Å². The van der Waals surface area contributed by atoms with Gasteiger partial charge in [0.2, 0.25) is 5.75 Å². The molecule has 5 rings (SSSR count). The number of hydrogen-bond donors (Lipinski definition) is 3. The minimum absolute atomic E-state index is 0.0624. The van der Waals surface area contributed by atoms with E-state index < -0.39 is 0 Å². The first-order valence-electron chi connectivity index (χ1n) is 10.6. The number of rotatable bonds is 5. The van der Waals surface area contributed by atoms with Crippen LogP contribution in [0.15, 0.2) is 47.8 Å². The molecule has 0 aliphatic carbocycles. The molecule has 1 unspecified atom stereocenters. The van der Waals surface area contributed by atoms with Gasteiger partial charge in [0.05, 0.1) is 26.0 Å². The number of phenols is 1. The summed E-state index contributed by atoms with van der Waals surface area (Å²) in [5, 5.41) is 26.4. The third-order valence-corrected chi connectivity index (χ3v) is 5.56. The molecule has 1 aliphatic rings. The molecule has 1 aliphatic heterocycles. The Bertz CT molecular complexity index is 1290. The number of aromatic nitrogens is 3. The highest BCUT2D eigenvalue weighted by molar-refractivity contribution is 6.02. The molecule has 0 spiro atoms. The van der Waals surface area contributed by atoms with E-state index in [2.05, 4.69) is 25.7 Å². The van der Waals surface area contributed by atoms with E-state index in [9.17, 15) is 10.0 Å². The zero-order chi connectivity index (χ0) is 23.5. The van der Waals surface area contributed by atoms with Gasteiger partial charge in [-0.2, -0.15) is 10.0 Å². The molecule has 4 aromatic rings. The minimum atomic E-state index is -0.319. The second-order valence-corrected chi connectivity index (χ2v) is 7.17. The van der Waals surface area contributed by atoms with Gasteiger partial charge in [0, 0.05) is 34.0 Å². The summed E-state index contributed by atoms with van der Waals surface area (Å²) >= 11 is 0. The summed E-state index contributed by atoms with van der Waals surface area (Å²) in [6.07, 6.45) is 1.87. The molecule has 3 N–H and O–H groups in total. The first-order valence-corrected chi connectivity index (χ1v) is 10.6. The van der Waals surface area contributed by atoms with Crippen LogP contribution in [0, 0.1) is 4.91 Å². The van der Waals surface area contributed by atoms with Crippen molar-refractivity contribution in [2.75, 3.05) is 19.5 Å². The van der Waals surface area contributed by atoms with E-state index in [0.717, 1.165) is 33.3 Å². The number of anilines is 1. The average Bonchev–Trinajstić information content (AvgIpc) is 3.22. The lowest BCUT2D eigenvalue weighted by molar-refractivity contribution is 0.339. The second-order valence-electron chi connectivity index (χ2n) is 7.17. The number of aromatic hydroxyl groups is 1. The van der Waals surface area contributed by atoms with Crippen molar-refractivity contribution in [3.05, 3.63) is 64.3 Å². The molecule has 9 nitrogen and oxygen atoms in total. The molecule has 2 aromatic heterocycles. The van der Waals surface area contributed by atoms with E-state index in [1.54, 1.807) is 12.1 Å².